The van der Waals surface area contributed by atoms with E-state index in [0.29, 0.717) is 6.61 Å². The highest BCUT2D eigenvalue weighted by atomic mass is 32.2. The average Bonchev–Trinajstić information content (AvgIpc) is 2.62. The maximum absolute atomic E-state index is 6.77. The van der Waals surface area contributed by atoms with Crippen molar-refractivity contribution >= 4 is 30.5 Å². The standard InChI is InChI=1S/C22H28OSSi/c1-5-24-19-13-12-18-23-25(22(2,3)4,20-14-8-6-9-15-20)21-16-10-7-11-17-21/h6-11,14-17H,5,12,18H2,1-4H3. The summed E-state index contributed by atoms with van der Waals surface area (Å²) in [5.41, 5.74) is 0. The summed E-state index contributed by atoms with van der Waals surface area (Å²) in [5.74, 6) is 4.25. The molecule has 0 spiro atoms. The molecule has 2 aromatic rings. The third kappa shape index (κ3) is 4.79. The molecule has 3 heteroatoms. The molecular weight excluding hydrogens is 340 g/mol. The average molecular weight is 369 g/mol. The van der Waals surface area contributed by atoms with Crippen molar-refractivity contribution in [1.82, 2.24) is 0 Å². The zero-order valence-electron chi connectivity index (χ0n) is 15.7. The second-order valence-electron chi connectivity index (χ2n) is 6.97. The van der Waals surface area contributed by atoms with Crippen molar-refractivity contribution in [2.75, 3.05) is 12.4 Å². The number of thioether (sulfide) groups is 1. The molecule has 0 atom stereocenters. The Morgan fingerprint density at radius 3 is 1.88 bits per heavy atom. The van der Waals surface area contributed by atoms with Gasteiger partial charge in [-0.05, 0) is 20.7 Å². The lowest BCUT2D eigenvalue weighted by molar-refractivity contribution is 0.306. The van der Waals surface area contributed by atoms with Crippen LogP contribution in [0.25, 0.3) is 0 Å². The molecule has 0 fully saturated rings. The molecule has 0 saturated heterocycles. The first-order chi connectivity index (χ1) is 12.0. The SMILES string of the molecule is CCSC#CCCO[Si](c1ccccc1)(c1ccccc1)C(C)(C)C. The maximum atomic E-state index is 6.77. The van der Waals surface area contributed by atoms with E-state index in [9.17, 15) is 0 Å². The summed E-state index contributed by atoms with van der Waals surface area (Å²) in [5, 5.41) is 5.82. The summed E-state index contributed by atoms with van der Waals surface area (Å²) in [6.45, 7) is 9.70. The third-order valence-electron chi connectivity index (χ3n) is 4.25. The van der Waals surface area contributed by atoms with Gasteiger partial charge in [-0.15, -0.1) is 0 Å². The molecule has 0 aliphatic carbocycles. The highest BCUT2D eigenvalue weighted by Crippen LogP contribution is 2.36. The van der Waals surface area contributed by atoms with Crippen LogP contribution in [-0.4, -0.2) is 20.7 Å². The minimum Gasteiger partial charge on any atom is -0.406 e. The molecule has 132 valence electrons. The first-order valence-electron chi connectivity index (χ1n) is 8.87. The number of benzene rings is 2. The van der Waals surface area contributed by atoms with E-state index in [-0.39, 0.29) is 5.04 Å². The molecule has 1 nitrogen and oxygen atoms in total. The summed E-state index contributed by atoms with van der Waals surface area (Å²) in [6.07, 6.45) is 0.775. The fourth-order valence-corrected chi connectivity index (χ4v) is 8.10. The second-order valence-corrected chi connectivity index (χ2v) is 12.3. The van der Waals surface area contributed by atoms with Crippen LogP contribution >= 0.6 is 11.8 Å². The van der Waals surface area contributed by atoms with Gasteiger partial charge < -0.3 is 4.43 Å². The minimum absolute atomic E-state index is 0.0291. The maximum Gasteiger partial charge on any atom is 0.261 e. The molecule has 0 heterocycles. The number of hydrogen-bond donors (Lipinski definition) is 0. The van der Waals surface area contributed by atoms with Gasteiger partial charge in [0.1, 0.15) is 0 Å². The van der Waals surface area contributed by atoms with E-state index in [1.54, 1.807) is 11.8 Å². The van der Waals surface area contributed by atoms with E-state index in [0.717, 1.165) is 12.2 Å². The summed E-state index contributed by atoms with van der Waals surface area (Å²) in [4.78, 5) is 0. The van der Waals surface area contributed by atoms with Gasteiger partial charge in [0, 0.05) is 18.8 Å². The molecule has 0 aliphatic heterocycles. The monoisotopic (exact) mass is 368 g/mol. The lowest BCUT2D eigenvalue weighted by Gasteiger charge is -2.43. The zero-order chi connectivity index (χ0) is 18.2. The van der Waals surface area contributed by atoms with Crippen LogP contribution in [0, 0.1) is 11.2 Å². The highest BCUT2D eigenvalue weighted by molar-refractivity contribution is 8.03. The smallest absolute Gasteiger partial charge is 0.261 e. The molecule has 2 aromatic carbocycles. The van der Waals surface area contributed by atoms with Gasteiger partial charge in [0.25, 0.3) is 8.32 Å². The van der Waals surface area contributed by atoms with Crippen LogP contribution in [0.5, 0.6) is 0 Å². The van der Waals surface area contributed by atoms with Gasteiger partial charge in [0.2, 0.25) is 0 Å². The molecule has 0 saturated carbocycles. The Labute approximate surface area is 158 Å². The molecule has 0 radical (unpaired) electrons. The van der Waals surface area contributed by atoms with Gasteiger partial charge in [0.05, 0.1) is 0 Å². The van der Waals surface area contributed by atoms with Crippen LogP contribution < -0.4 is 10.4 Å². The van der Waals surface area contributed by atoms with Gasteiger partial charge in [-0.25, -0.2) is 0 Å². The molecular formula is C22H28OSSi. The normalized spacial score (nSPS) is 11.7. The Hall–Kier alpha value is -1.47. The van der Waals surface area contributed by atoms with Gasteiger partial charge >= 0.3 is 0 Å². The molecule has 0 unspecified atom stereocenters. The first-order valence-corrected chi connectivity index (χ1v) is 11.8. The Morgan fingerprint density at radius 2 is 1.44 bits per heavy atom. The van der Waals surface area contributed by atoms with Crippen LogP contribution in [0.4, 0.5) is 0 Å². The Balaban J connectivity index is 2.41. The quantitative estimate of drug-likeness (QED) is 0.416. The third-order valence-corrected chi connectivity index (χ3v) is 9.87. The van der Waals surface area contributed by atoms with E-state index in [4.69, 9.17) is 4.43 Å². The number of hydrogen-bond acceptors (Lipinski definition) is 2. The van der Waals surface area contributed by atoms with Gasteiger partial charge in [-0.1, -0.05) is 106 Å². The van der Waals surface area contributed by atoms with Crippen LogP contribution in [0.2, 0.25) is 5.04 Å². The molecule has 25 heavy (non-hydrogen) atoms. The van der Waals surface area contributed by atoms with E-state index in [2.05, 4.69) is 99.5 Å². The highest BCUT2D eigenvalue weighted by Gasteiger charge is 2.49. The fraction of sp³-hybridized carbons (Fsp3) is 0.364. The molecule has 0 bridgehead atoms. The van der Waals surface area contributed by atoms with Crippen LogP contribution in [0.3, 0.4) is 0 Å². The zero-order valence-corrected chi connectivity index (χ0v) is 17.5. The van der Waals surface area contributed by atoms with Crippen molar-refractivity contribution < 1.29 is 4.43 Å². The molecule has 0 N–H and O–H groups in total. The van der Waals surface area contributed by atoms with Crippen molar-refractivity contribution in [3.8, 4) is 11.2 Å². The van der Waals surface area contributed by atoms with E-state index >= 15 is 0 Å². The lowest BCUT2D eigenvalue weighted by Crippen LogP contribution is -2.66. The fourth-order valence-electron chi connectivity index (χ4n) is 3.19. The Bertz CT molecular complexity index is 656. The van der Waals surface area contributed by atoms with E-state index < -0.39 is 8.32 Å². The summed E-state index contributed by atoms with van der Waals surface area (Å²) in [7, 11) is -2.39. The van der Waals surface area contributed by atoms with Crippen molar-refractivity contribution in [1.29, 1.82) is 0 Å². The summed E-state index contributed by atoms with van der Waals surface area (Å²) < 4.78 is 6.77. The van der Waals surface area contributed by atoms with Crippen molar-refractivity contribution in [3.63, 3.8) is 0 Å². The van der Waals surface area contributed by atoms with E-state index in [1.165, 1.54) is 10.4 Å². The summed E-state index contributed by atoms with van der Waals surface area (Å²) in [6, 6.07) is 21.5. The summed E-state index contributed by atoms with van der Waals surface area (Å²) >= 11 is 1.66. The van der Waals surface area contributed by atoms with Crippen LogP contribution in [0.1, 0.15) is 34.1 Å². The van der Waals surface area contributed by atoms with Gasteiger partial charge in [-0.3, -0.25) is 0 Å². The minimum atomic E-state index is -2.39. The van der Waals surface area contributed by atoms with Crippen molar-refractivity contribution in [3.05, 3.63) is 60.7 Å². The number of rotatable bonds is 6. The molecule has 2 rings (SSSR count). The van der Waals surface area contributed by atoms with Gasteiger partial charge in [-0.2, -0.15) is 0 Å². The van der Waals surface area contributed by atoms with Crippen molar-refractivity contribution in [2.45, 2.75) is 39.2 Å². The molecule has 0 amide bonds. The molecule has 0 aliphatic rings. The second kappa shape index (κ2) is 9.29. The van der Waals surface area contributed by atoms with Crippen molar-refractivity contribution in [2.24, 2.45) is 0 Å². The lowest BCUT2D eigenvalue weighted by atomic mass is 10.2. The Kier molecular flexibility index (Phi) is 7.37. The molecule has 0 aromatic heterocycles. The topological polar surface area (TPSA) is 9.23 Å². The largest absolute Gasteiger partial charge is 0.406 e. The van der Waals surface area contributed by atoms with Gasteiger partial charge in [0.15, 0.2) is 0 Å². The first kappa shape index (κ1) is 19.8. The van der Waals surface area contributed by atoms with Crippen LogP contribution in [-0.2, 0) is 4.43 Å². The van der Waals surface area contributed by atoms with Crippen LogP contribution in [0.15, 0.2) is 60.7 Å². The predicted molar refractivity (Wildman–Crippen MR) is 114 cm³/mol. The Morgan fingerprint density at radius 1 is 0.920 bits per heavy atom. The van der Waals surface area contributed by atoms with E-state index in [1.807, 2.05) is 0 Å². The predicted octanol–water partition coefficient (Wildman–Crippen LogP) is 4.67.